The molecule has 84 valence electrons. The zero-order valence-electron chi connectivity index (χ0n) is 9.26. The largest absolute Gasteiger partial charge is 0.373 e. The summed E-state index contributed by atoms with van der Waals surface area (Å²) in [4.78, 5) is 10.6. The normalized spacial score (nSPS) is 12.9. The summed E-state index contributed by atoms with van der Waals surface area (Å²) >= 11 is 0. The van der Waals surface area contributed by atoms with E-state index < -0.39 is 6.23 Å². The van der Waals surface area contributed by atoms with E-state index in [9.17, 15) is 9.90 Å². The zero-order chi connectivity index (χ0) is 11.5. The van der Waals surface area contributed by atoms with E-state index in [-0.39, 0.29) is 0 Å². The number of rotatable bonds is 4. The van der Waals surface area contributed by atoms with Crippen molar-refractivity contribution in [3.63, 3.8) is 0 Å². The van der Waals surface area contributed by atoms with Crippen LogP contribution in [0.25, 0.3) is 10.9 Å². The van der Waals surface area contributed by atoms with Crippen LogP contribution in [0, 0.1) is 0 Å². The van der Waals surface area contributed by atoms with Crippen LogP contribution in [0.2, 0.25) is 0 Å². The van der Waals surface area contributed by atoms with Crippen molar-refractivity contribution in [3.05, 3.63) is 36.0 Å². The van der Waals surface area contributed by atoms with Gasteiger partial charge in [-0.1, -0.05) is 25.1 Å². The molecule has 0 aliphatic heterocycles. The smallest absolute Gasteiger partial charge is 0.130 e. The lowest BCUT2D eigenvalue weighted by Gasteiger charge is -2.11. The molecule has 3 nitrogen and oxygen atoms in total. The Balaban J connectivity index is 2.61. The van der Waals surface area contributed by atoms with Crippen LogP contribution in [-0.2, 0) is 11.2 Å². The average Bonchev–Trinajstić information content (AvgIpc) is 2.68. The van der Waals surface area contributed by atoms with Crippen LogP contribution in [0.3, 0.4) is 0 Å². The standard InChI is InChI=1S/C13H15NO2/c1-2-13(16)14-9-10(7-8-15)11-5-3-4-6-12(11)14/h3-6,8-9,13,16H,2,7H2,1H3. The molecule has 1 unspecified atom stereocenters. The van der Waals surface area contributed by atoms with Crippen molar-refractivity contribution in [3.8, 4) is 0 Å². The lowest BCUT2D eigenvalue weighted by atomic mass is 10.1. The number of carbonyl (C=O) groups excluding carboxylic acids is 1. The number of benzene rings is 1. The number of carbonyl (C=O) groups is 1. The Morgan fingerprint density at radius 3 is 2.88 bits per heavy atom. The third-order valence-electron chi connectivity index (χ3n) is 2.81. The van der Waals surface area contributed by atoms with Crippen LogP contribution in [0.15, 0.2) is 30.5 Å². The van der Waals surface area contributed by atoms with Gasteiger partial charge in [0.2, 0.25) is 0 Å². The van der Waals surface area contributed by atoms with Crippen LogP contribution in [0.4, 0.5) is 0 Å². The maximum Gasteiger partial charge on any atom is 0.130 e. The van der Waals surface area contributed by atoms with Gasteiger partial charge in [-0.2, -0.15) is 0 Å². The highest BCUT2D eigenvalue weighted by Crippen LogP contribution is 2.24. The Bertz CT molecular complexity index is 502. The molecule has 0 fully saturated rings. The first kappa shape index (κ1) is 10.9. The van der Waals surface area contributed by atoms with Gasteiger partial charge in [-0.15, -0.1) is 0 Å². The molecule has 2 rings (SSSR count). The lowest BCUT2D eigenvalue weighted by Crippen LogP contribution is -2.04. The predicted octanol–water partition coefficient (Wildman–Crippen LogP) is 2.28. The van der Waals surface area contributed by atoms with Crippen molar-refractivity contribution < 1.29 is 9.90 Å². The van der Waals surface area contributed by atoms with Crippen LogP contribution in [-0.4, -0.2) is 16.0 Å². The van der Waals surface area contributed by atoms with E-state index in [0.717, 1.165) is 22.8 Å². The molecule has 0 radical (unpaired) electrons. The second kappa shape index (κ2) is 4.49. The van der Waals surface area contributed by atoms with E-state index in [0.29, 0.717) is 12.8 Å². The van der Waals surface area contributed by atoms with Gasteiger partial charge in [0.15, 0.2) is 0 Å². The molecular formula is C13H15NO2. The molecule has 0 aliphatic rings. The summed E-state index contributed by atoms with van der Waals surface area (Å²) in [6.45, 7) is 1.93. The fourth-order valence-corrected chi connectivity index (χ4v) is 1.97. The molecule has 1 atom stereocenters. The molecule has 1 aromatic carbocycles. The van der Waals surface area contributed by atoms with Gasteiger partial charge in [-0.25, -0.2) is 0 Å². The van der Waals surface area contributed by atoms with E-state index in [1.807, 2.05) is 42.0 Å². The first-order valence-corrected chi connectivity index (χ1v) is 5.48. The summed E-state index contributed by atoms with van der Waals surface area (Å²) in [5.41, 5.74) is 1.95. The molecule has 0 amide bonds. The minimum atomic E-state index is -0.523. The average molecular weight is 217 g/mol. The van der Waals surface area contributed by atoms with Crippen LogP contribution in [0.5, 0.6) is 0 Å². The predicted molar refractivity (Wildman–Crippen MR) is 63.3 cm³/mol. The molecule has 0 saturated carbocycles. The second-order valence-corrected chi connectivity index (χ2v) is 3.84. The van der Waals surface area contributed by atoms with Crippen molar-refractivity contribution in [1.29, 1.82) is 0 Å². The van der Waals surface area contributed by atoms with Crippen molar-refractivity contribution >= 4 is 17.2 Å². The van der Waals surface area contributed by atoms with Crippen molar-refractivity contribution in [2.24, 2.45) is 0 Å². The van der Waals surface area contributed by atoms with Gasteiger partial charge in [0.25, 0.3) is 0 Å². The van der Waals surface area contributed by atoms with E-state index >= 15 is 0 Å². The molecule has 3 heteroatoms. The summed E-state index contributed by atoms with van der Waals surface area (Å²) in [5.74, 6) is 0. The number of aliphatic hydroxyl groups excluding tert-OH is 1. The van der Waals surface area contributed by atoms with E-state index in [1.54, 1.807) is 0 Å². The summed E-state index contributed by atoms with van der Waals surface area (Å²) in [5, 5.41) is 10.9. The van der Waals surface area contributed by atoms with Crippen molar-refractivity contribution in [2.45, 2.75) is 26.0 Å². The Morgan fingerprint density at radius 1 is 1.44 bits per heavy atom. The number of fused-ring (bicyclic) bond motifs is 1. The third-order valence-corrected chi connectivity index (χ3v) is 2.81. The third kappa shape index (κ3) is 1.74. The number of hydrogen-bond donors (Lipinski definition) is 1. The summed E-state index contributed by atoms with van der Waals surface area (Å²) in [6, 6.07) is 7.82. The van der Waals surface area contributed by atoms with E-state index in [4.69, 9.17) is 0 Å². The minimum absolute atomic E-state index is 0.393. The minimum Gasteiger partial charge on any atom is -0.373 e. The fourth-order valence-electron chi connectivity index (χ4n) is 1.97. The number of para-hydroxylation sites is 1. The maximum absolute atomic E-state index is 10.6. The summed E-state index contributed by atoms with van der Waals surface area (Å²) in [7, 11) is 0. The number of aliphatic hydroxyl groups is 1. The van der Waals surface area contributed by atoms with Crippen LogP contribution >= 0.6 is 0 Å². The van der Waals surface area contributed by atoms with Crippen molar-refractivity contribution in [2.75, 3.05) is 0 Å². The number of aldehydes is 1. The highest BCUT2D eigenvalue weighted by Gasteiger charge is 2.11. The zero-order valence-corrected chi connectivity index (χ0v) is 9.26. The van der Waals surface area contributed by atoms with Gasteiger partial charge in [-0.3, -0.25) is 0 Å². The molecular weight excluding hydrogens is 202 g/mol. The molecule has 1 N–H and O–H groups in total. The second-order valence-electron chi connectivity index (χ2n) is 3.84. The lowest BCUT2D eigenvalue weighted by molar-refractivity contribution is -0.107. The molecule has 0 spiro atoms. The van der Waals surface area contributed by atoms with Gasteiger partial charge in [0, 0.05) is 18.0 Å². The molecule has 16 heavy (non-hydrogen) atoms. The Morgan fingerprint density at radius 2 is 2.19 bits per heavy atom. The quantitative estimate of drug-likeness (QED) is 0.798. The van der Waals surface area contributed by atoms with Crippen LogP contribution in [0.1, 0.15) is 25.1 Å². The molecule has 1 aromatic heterocycles. The fraction of sp³-hybridized carbons (Fsp3) is 0.308. The van der Waals surface area contributed by atoms with Gasteiger partial charge in [0.1, 0.15) is 12.5 Å². The Hall–Kier alpha value is -1.61. The van der Waals surface area contributed by atoms with Gasteiger partial charge in [0.05, 0.1) is 5.52 Å². The molecule has 0 bridgehead atoms. The number of aromatic nitrogens is 1. The first-order chi connectivity index (χ1) is 7.77. The van der Waals surface area contributed by atoms with Crippen molar-refractivity contribution in [1.82, 2.24) is 4.57 Å². The SMILES string of the molecule is CCC(O)n1cc(CC=O)c2ccccc21. The molecule has 0 aliphatic carbocycles. The first-order valence-electron chi connectivity index (χ1n) is 5.48. The summed E-state index contributed by atoms with van der Waals surface area (Å²) in [6.07, 6.45) is 3.28. The highest BCUT2D eigenvalue weighted by atomic mass is 16.3. The topological polar surface area (TPSA) is 42.2 Å². The van der Waals surface area contributed by atoms with Crippen LogP contribution < -0.4 is 0 Å². The van der Waals surface area contributed by atoms with Gasteiger partial charge in [-0.05, 0) is 18.1 Å². The van der Waals surface area contributed by atoms with E-state index in [2.05, 4.69) is 0 Å². The maximum atomic E-state index is 10.6. The summed E-state index contributed by atoms with van der Waals surface area (Å²) < 4.78 is 1.83. The van der Waals surface area contributed by atoms with Gasteiger partial charge >= 0.3 is 0 Å². The highest BCUT2D eigenvalue weighted by molar-refractivity contribution is 5.85. The Kier molecular flexibility index (Phi) is 3.06. The monoisotopic (exact) mass is 217 g/mol. The molecule has 1 heterocycles. The molecule has 2 aromatic rings. The number of hydrogen-bond acceptors (Lipinski definition) is 2. The van der Waals surface area contributed by atoms with E-state index in [1.165, 1.54) is 0 Å². The van der Waals surface area contributed by atoms with Gasteiger partial charge < -0.3 is 14.5 Å². The number of nitrogens with zero attached hydrogens (tertiary/aromatic N) is 1. The molecule has 0 saturated heterocycles. The Labute approximate surface area is 94.3 Å².